The van der Waals surface area contributed by atoms with Crippen molar-refractivity contribution in [3.05, 3.63) is 24.3 Å². The minimum atomic E-state index is -4.79. The average molecular weight is 263 g/mol. The molecule has 1 aromatic rings. The molecule has 0 amide bonds. The summed E-state index contributed by atoms with van der Waals surface area (Å²) in [6.07, 6.45) is -4.79. The SMILES string of the molecule is COC(=O)C(C)Nc1ccccc1OC(F)(F)F. The second-order valence-corrected chi connectivity index (χ2v) is 3.43. The molecule has 0 aliphatic heterocycles. The highest BCUT2D eigenvalue weighted by Gasteiger charge is 2.32. The van der Waals surface area contributed by atoms with E-state index in [0.717, 1.165) is 6.07 Å². The zero-order chi connectivity index (χ0) is 13.8. The van der Waals surface area contributed by atoms with E-state index in [2.05, 4.69) is 14.8 Å². The quantitative estimate of drug-likeness (QED) is 0.848. The largest absolute Gasteiger partial charge is 0.573 e. The van der Waals surface area contributed by atoms with Crippen molar-refractivity contribution in [3.63, 3.8) is 0 Å². The highest BCUT2D eigenvalue weighted by atomic mass is 19.4. The van der Waals surface area contributed by atoms with E-state index in [1.165, 1.54) is 32.2 Å². The summed E-state index contributed by atoms with van der Waals surface area (Å²) in [5, 5.41) is 2.58. The van der Waals surface area contributed by atoms with Gasteiger partial charge in [0, 0.05) is 0 Å². The molecule has 0 heterocycles. The fraction of sp³-hybridized carbons (Fsp3) is 0.364. The van der Waals surface area contributed by atoms with Crippen molar-refractivity contribution in [1.29, 1.82) is 0 Å². The predicted molar refractivity (Wildman–Crippen MR) is 58.2 cm³/mol. The Kier molecular flexibility index (Phi) is 4.41. The molecule has 0 fully saturated rings. The van der Waals surface area contributed by atoms with Crippen molar-refractivity contribution >= 4 is 11.7 Å². The van der Waals surface area contributed by atoms with Gasteiger partial charge in [0.25, 0.3) is 0 Å². The second-order valence-electron chi connectivity index (χ2n) is 3.43. The fourth-order valence-electron chi connectivity index (χ4n) is 1.27. The summed E-state index contributed by atoms with van der Waals surface area (Å²) >= 11 is 0. The maximum atomic E-state index is 12.1. The number of hydrogen-bond donors (Lipinski definition) is 1. The van der Waals surface area contributed by atoms with Crippen molar-refractivity contribution in [2.75, 3.05) is 12.4 Å². The Labute approximate surface area is 102 Å². The third kappa shape index (κ3) is 4.15. The number of methoxy groups -OCH3 is 1. The lowest BCUT2D eigenvalue weighted by atomic mass is 10.2. The summed E-state index contributed by atoms with van der Waals surface area (Å²) in [4.78, 5) is 11.2. The molecule has 0 aliphatic carbocycles. The molecule has 0 radical (unpaired) electrons. The van der Waals surface area contributed by atoms with Crippen LogP contribution in [0.1, 0.15) is 6.92 Å². The number of halogens is 3. The van der Waals surface area contributed by atoms with E-state index in [-0.39, 0.29) is 5.69 Å². The molecule has 0 aliphatic rings. The first-order chi connectivity index (χ1) is 8.33. The number of anilines is 1. The molecule has 1 unspecified atom stereocenters. The zero-order valence-corrected chi connectivity index (χ0v) is 9.75. The standard InChI is InChI=1S/C11H12F3NO3/c1-7(10(16)17-2)15-8-5-3-4-6-9(8)18-11(12,13)14/h3-7,15H,1-2H3. The first kappa shape index (κ1) is 14.1. The van der Waals surface area contributed by atoms with E-state index in [4.69, 9.17) is 0 Å². The molecule has 18 heavy (non-hydrogen) atoms. The maximum absolute atomic E-state index is 12.1. The summed E-state index contributed by atoms with van der Waals surface area (Å²) in [6.45, 7) is 1.47. The van der Waals surface area contributed by atoms with E-state index in [1.54, 1.807) is 0 Å². The first-order valence-electron chi connectivity index (χ1n) is 5.02. The molecule has 0 bridgehead atoms. The molecular formula is C11H12F3NO3. The van der Waals surface area contributed by atoms with Gasteiger partial charge in [0.05, 0.1) is 12.8 Å². The van der Waals surface area contributed by atoms with Gasteiger partial charge in [-0.05, 0) is 19.1 Å². The van der Waals surface area contributed by atoms with E-state index >= 15 is 0 Å². The topological polar surface area (TPSA) is 47.6 Å². The second kappa shape index (κ2) is 5.61. The first-order valence-corrected chi connectivity index (χ1v) is 5.02. The van der Waals surface area contributed by atoms with Gasteiger partial charge in [-0.15, -0.1) is 13.2 Å². The van der Waals surface area contributed by atoms with Crippen LogP contribution in [0.5, 0.6) is 5.75 Å². The van der Waals surface area contributed by atoms with E-state index in [1.807, 2.05) is 0 Å². The monoisotopic (exact) mass is 263 g/mol. The molecule has 1 rings (SSSR count). The number of para-hydroxylation sites is 2. The van der Waals surface area contributed by atoms with Crippen LogP contribution in [0.3, 0.4) is 0 Å². The number of carbonyl (C=O) groups is 1. The molecule has 100 valence electrons. The van der Waals surface area contributed by atoms with Crippen LogP contribution < -0.4 is 10.1 Å². The van der Waals surface area contributed by atoms with Gasteiger partial charge >= 0.3 is 12.3 Å². The van der Waals surface area contributed by atoms with Crippen molar-refractivity contribution in [1.82, 2.24) is 0 Å². The Morgan fingerprint density at radius 3 is 2.50 bits per heavy atom. The number of esters is 1. The number of nitrogens with one attached hydrogen (secondary N) is 1. The minimum Gasteiger partial charge on any atom is -0.467 e. The van der Waals surface area contributed by atoms with Crippen LogP contribution in [0.2, 0.25) is 0 Å². The Bertz CT molecular complexity index is 420. The highest BCUT2D eigenvalue weighted by Crippen LogP contribution is 2.30. The summed E-state index contributed by atoms with van der Waals surface area (Å²) in [7, 11) is 1.19. The van der Waals surface area contributed by atoms with Crippen LogP contribution in [0.15, 0.2) is 24.3 Å². The van der Waals surface area contributed by atoms with Gasteiger partial charge in [-0.3, -0.25) is 0 Å². The lowest BCUT2D eigenvalue weighted by molar-refractivity contribution is -0.274. The fourth-order valence-corrected chi connectivity index (χ4v) is 1.27. The van der Waals surface area contributed by atoms with Gasteiger partial charge in [-0.25, -0.2) is 4.79 Å². The summed E-state index contributed by atoms with van der Waals surface area (Å²) < 4.78 is 44.7. The van der Waals surface area contributed by atoms with Crippen LogP contribution in [0, 0.1) is 0 Å². The lowest BCUT2D eigenvalue weighted by Crippen LogP contribution is -2.28. The number of alkyl halides is 3. The number of benzene rings is 1. The van der Waals surface area contributed by atoms with Gasteiger partial charge in [-0.1, -0.05) is 12.1 Å². The minimum absolute atomic E-state index is 0.0627. The summed E-state index contributed by atoms with van der Waals surface area (Å²) in [5.41, 5.74) is 0.0627. The molecule has 0 saturated heterocycles. The molecule has 4 nitrogen and oxygen atoms in total. The molecule has 0 spiro atoms. The van der Waals surface area contributed by atoms with Gasteiger partial charge in [0.2, 0.25) is 0 Å². The third-order valence-electron chi connectivity index (χ3n) is 2.04. The van der Waals surface area contributed by atoms with Gasteiger partial charge in [-0.2, -0.15) is 0 Å². The summed E-state index contributed by atoms with van der Waals surface area (Å²) in [6, 6.07) is 4.67. The Morgan fingerprint density at radius 1 is 1.33 bits per heavy atom. The molecule has 0 aromatic heterocycles. The third-order valence-corrected chi connectivity index (χ3v) is 2.04. The number of hydrogen-bond acceptors (Lipinski definition) is 4. The van der Waals surface area contributed by atoms with Gasteiger partial charge in [0.1, 0.15) is 6.04 Å². The molecule has 0 saturated carbocycles. The Hall–Kier alpha value is -1.92. The molecular weight excluding hydrogens is 251 g/mol. The normalized spacial score (nSPS) is 12.7. The van der Waals surface area contributed by atoms with Crippen LogP contribution in [0.25, 0.3) is 0 Å². The number of rotatable bonds is 4. The summed E-state index contributed by atoms with van der Waals surface area (Å²) in [5.74, 6) is -0.988. The van der Waals surface area contributed by atoms with Crippen LogP contribution in [-0.2, 0) is 9.53 Å². The molecule has 7 heteroatoms. The van der Waals surface area contributed by atoms with Crippen molar-refractivity contribution in [2.45, 2.75) is 19.3 Å². The number of carbonyl (C=O) groups excluding carboxylic acids is 1. The average Bonchev–Trinajstić information content (AvgIpc) is 2.28. The van der Waals surface area contributed by atoms with Crippen molar-refractivity contribution < 1.29 is 27.4 Å². The zero-order valence-electron chi connectivity index (χ0n) is 9.75. The molecule has 1 atom stereocenters. The Balaban J connectivity index is 2.85. The van der Waals surface area contributed by atoms with Gasteiger partial charge in [0.15, 0.2) is 5.75 Å². The smallest absolute Gasteiger partial charge is 0.467 e. The van der Waals surface area contributed by atoms with E-state index in [0.29, 0.717) is 0 Å². The molecule has 1 aromatic carbocycles. The van der Waals surface area contributed by atoms with Crippen molar-refractivity contribution in [3.8, 4) is 5.75 Å². The highest BCUT2D eigenvalue weighted by molar-refractivity contribution is 5.79. The van der Waals surface area contributed by atoms with Gasteiger partial charge < -0.3 is 14.8 Å². The predicted octanol–water partition coefficient (Wildman–Crippen LogP) is 2.56. The maximum Gasteiger partial charge on any atom is 0.573 e. The van der Waals surface area contributed by atoms with Crippen molar-refractivity contribution in [2.24, 2.45) is 0 Å². The number of ether oxygens (including phenoxy) is 2. The van der Waals surface area contributed by atoms with Crippen LogP contribution in [0.4, 0.5) is 18.9 Å². The van der Waals surface area contributed by atoms with E-state index < -0.39 is 24.1 Å². The Morgan fingerprint density at radius 2 is 1.94 bits per heavy atom. The van der Waals surface area contributed by atoms with Crippen LogP contribution in [-0.4, -0.2) is 25.5 Å². The van der Waals surface area contributed by atoms with Crippen LogP contribution >= 0.6 is 0 Å². The lowest BCUT2D eigenvalue weighted by Gasteiger charge is -2.17. The molecule has 1 N–H and O–H groups in total. The van der Waals surface area contributed by atoms with E-state index in [9.17, 15) is 18.0 Å².